The van der Waals surface area contributed by atoms with Gasteiger partial charge in [0.15, 0.2) is 6.29 Å². The zero-order valence-corrected chi connectivity index (χ0v) is 10.1. The monoisotopic (exact) mass is 249 g/mol. The summed E-state index contributed by atoms with van der Waals surface area (Å²) >= 11 is 0. The molecule has 0 aliphatic carbocycles. The Morgan fingerprint density at radius 2 is 2.00 bits per heavy atom. The van der Waals surface area contributed by atoms with Crippen LogP contribution < -0.4 is 10.1 Å². The van der Waals surface area contributed by atoms with Crippen molar-refractivity contribution >= 4 is 6.29 Å². The summed E-state index contributed by atoms with van der Waals surface area (Å²) in [6.45, 7) is 0. The third-order valence-electron chi connectivity index (χ3n) is 3.83. The van der Waals surface area contributed by atoms with Gasteiger partial charge in [-0.15, -0.1) is 0 Å². The molecule has 0 spiro atoms. The predicted molar refractivity (Wildman–Crippen MR) is 65.4 cm³/mol. The van der Waals surface area contributed by atoms with Gasteiger partial charge < -0.3 is 10.1 Å². The average molecular weight is 249 g/mol. The lowest BCUT2D eigenvalue weighted by atomic mass is 10.0. The number of hydrogen-bond acceptors (Lipinski definition) is 3. The standard InChI is InChI=1S/C14H16FNO2/c15-14-7-12(4-1-9(14)8-17)18-13-5-10-2-3-11(6-13)16-10/h1,4,7-8,10-11,13,16H,2-3,5-6H2/t10-,11+,13?. The van der Waals surface area contributed by atoms with Gasteiger partial charge in [-0.1, -0.05) is 0 Å². The van der Waals surface area contributed by atoms with Crippen LogP contribution >= 0.6 is 0 Å². The van der Waals surface area contributed by atoms with E-state index in [1.54, 1.807) is 6.07 Å². The van der Waals surface area contributed by atoms with Crippen molar-refractivity contribution < 1.29 is 13.9 Å². The molecule has 96 valence electrons. The van der Waals surface area contributed by atoms with E-state index >= 15 is 0 Å². The van der Waals surface area contributed by atoms with Gasteiger partial charge in [0.05, 0.1) is 5.56 Å². The molecule has 3 nitrogen and oxygen atoms in total. The number of piperidine rings is 1. The minimum absolute atomic E-state index is 0.0766. The van der Waals surface area contributed by atoms with E-state index < -0.39 is 5.82 Å². The van der Waals surface area contributed by atoms with Crippen LogP contribution in [0.15, 0.2) is 18.2 Å². The Labute approximate surface area is 105 Å². The molecule has 2 saturated heterocycles. The molecular formula is C14H16FNO2. The van der Waals surface area contributed by atoms with Gasteiger partial charge in [0.2, 0.25) is 0 Å². The molecule has 2 heterocycles. The van der Waals surface area contributed by atoms with E-state index in [2.05, 4.69) is 5.32 Å². The van der Waals surface area contributed by atoms with E-state index in [0.29, 0.717) is 24.1 Å². The maximum atomic E-state index is 13.4. The van der Waals surface area contributed by atoms with E-state index in [0.717, 1.165) is 12.8 Å². The molecule has 0 radical (unpaired) electrons. The Balaban J connectivity index is 1.69. The number of carbonyl (C=O) groups is 1. The number of benzene rings is 1. The molecule has 0 amide bonds. The highest BCUT2D eigenvalue weighted by atomic mass is 19.1. The summed E-state index contributed by atoms with van der Waals surface area (Å²) < 4.78 is 19.3. The van der Waals surface area contributed by atoms with Gasteiger partial charge in [-0.05, 0) is 37.8 Å². The minimum atomic E-state index is -0.514. The zero-order valence-electron chi connectivity index (χ0n) is 10.1. The Kier molecular flexibility index (Phi) is 3.04. The lowest BCUT2D eigenvalue weighted by Gasteiger charge is -2.29. The molecule has 1 aromatic carbocycles. The Hall–Kier alpha value is -1.42. The molecule has 3 atom stereocenters. The second-order valence-corrected chi connectivity index (χ2v) is 5.15. The highest BCUT2D eigenvalue weighted by Gasteiger charge is 2.34. The fraction of sp³-hybridized carbons (Fsp3) is 0.500. The van der Waals surface area contributed by atoms with Crippen LogP contribution in [0.2, 0.25) is 0 Å². The average Bonchev–Trinajstić information content (AvgIpc) is 2.69. The summed E-state index contributed by atoms with van der Waals surface area (Å²) in [6.07, 6.45) is 5.06. The van der Waals surface area contributed by atoms with Crippen molar-refractivity contribution in [3.8, 4) is 5.75 Å². The van der Waals surface area contributed by atoms with Crippen molar-refractivity contribution in [2.24, 2.45) is 0 Å². The molecular weight excluding hydrogens is 233 g/mol. The summed E-state index contributed by atoms with van der Waals surface area (Å²) in [4.78, 5) is 10.5. The summed E-state index contributed by atoms with van der Waals surface area (Å²) in [5, 5.41) is 3.54. The van der Waals surface area contributed by atoms with Crippen molar-refractivity contribution in [1.29, 1.82) is 0 Å². The summed E-state index contributed by atoms with van der Waals surface area (Å²) in [5.41, 5.74) is 0.0766. The van der Waals surface area contributed by atoms with Gasteiger partial charge >= 0.3 is 0 Å². The smallest absolute Gasteiger partial charge is 0.152 e. The first-order chi connectivity index (χ1) is 8.74. The van der Waals surface area contributed by atoms with E-state index in [-0.39, 0.29) is 11.7 Å². The largest absolute Gasteiger partial charge is 0.490 e. The van der Waals surface area contributed by atoms with E-state index in [9.17, 15) is 9.18 Å². The number of hydrogen-bond donors (Lipinski definition) is 1. The summed E-state index contributed by atoms with van der Waals surface area (Å²) in [6, 6.07) is 5.53. The first-order valence-electron chi connectivity index (χ1n) is 6.42. The van der Waals surface area contributed by atoms with Gasteiger partial charge in [0, 0.05) is 18.2 Å². The third-order valence-corrected chi connectivity index (χ3v) is 3.83. The quantitative estimate of drug-likeness (QED) is 0.835. The van der Waals surface area contributed by atoms with E-state index in [1.807, 2.05) is 0 Å². The molecule has 3 rings (SSSR count). The number of fused-ring (bicyclic) bond motifs is 2. The normalized spacial score (nSPS) is 30.2. The third kappa shape index (κ3) is 2.25. The molecule has 0 saturated carbocycles. The predicted octanol–water partition coefficient (Wildman–Crippen LogP) is 2.30. The lowest BCUT2D eigenvalue weighted by Crippen LogP contribution is -2.42. The zero-order chi connectivity index (χ0) is 12.5. The van der Waals surface area contributed by atoms with Crippen LogP contribution in [-0.2, 0) is 0 Å². The number of aldehydes is 1. The van der Waals surface area contributed by atoms with Crippen molar-refractivity contribution in [1.82, 2.24) is 5.32 Å². The number of ether oxygens (including phenoxy) is 1. The summed E-state index contributed by atoms with van der Waals surface area (Å²) in [7, 11) is 0. The van der Waals surface area contributed by atoms with E-state index in [4.69, 9.17) is 4.74 Å². The molecule has 2 aliphatic rings. The fourth-order valence-corrected chi connectivity index (χ4v) is 2.97. The number of halogens is 1. The maximum absolute atomic E-state index is 13.4. The first kappa shape index (κ1) is 11.7. The SMILES string of the molecule is O=Cc1ccc(OC2C[C@H]3CC[C@@H](C2)N3)cc1F. The molecule has 0 aromatic heterocycles. The lowest BCUT2D eigenvalue weighted by molar-refractivity contribution is 0.111. The molecule has 1 N–H and O–H groups in total. The van der Waals surface area contributed by atoms with Gasteiger partial charge in [-0.3, -0.25) is 4.79 Å². The van der Waals surface area contributed by atoms with Gasteiger partial charge in [0.25, 0.3) is 0 Å². The second kappa shape index (κ2) is 4.69. The van der Waals surface area contributed by atoms with Gasteiger partial charge in [-0.2, -0.15) is 0 Å². The second-order valence-electron chi connectivity index (χ2n) is 5.15. The number of carbonyl (C=O) groups excluding carboxylic acids is 1. The van der Waals surface area contributed by atoms with Crippen LogP contribution in [0.3, 0.4) is 0 Å². The van der Waals surface area contributed by atoms with Crippen LogP contribution in [0.4, 0.5) is 4.39 Å². The Bertz CT molecular complexity index is 451. The van der Waals surface area contributed by atoms with Crippen LogP contribution in [0.25, 0.3) is 0 Å². The fourth-order valence-electron chi connectivity index (χ4n) is 2.97. The van der Waals surface area contributed by atoms with Crippen molar-refractivity contribution in [3.05, 3.63) is 29.6 Å². The highest BCUT2D eigenvalue weighted by molar-refractivity contribution is 5.75. The van der Waals surface area contributed by atoms with Gasteiger partial charge in [-0.25, -0.2) is 4.39 Å². The van der Waals surface area contributed by atoms with Gasteiger partial charge in [0.1, 0.15) is 17.7 Å². The van der Waals surface area contributed by atoms with Crippen LogP contribution in [0.1, 0.15) is 36.0 Å². The maximum Gasteiger partial charge on any atom is 0.152 e. The Morgan fingerprint density at radius 3 is 2.61 bits per heavy atom. The van der Waals surface area contributed by atoms with Crippen LogP contribution in [-0.4, -0.2) is 24.5 Å². The van der Waals surface area contributed by atoms with Crippen LogP contribution in [0.5, 0.6) is 5.75 Å². The van der Waals surface area contributed by atoms with E-state index in [1.165, 1.54) is 25.0 Å². The highest BCUT2D eigenvalue weighted by Crippen LogP contribution is 2.29. The molecule has 4 heteroatoms. The molecule has 1 unspecified atom stereocenters. The van der Waals surface area contributed by atoms with Crippen LogP contribution in [0, 0.1) is 5.82 Å². The Morgan fingerprint density at radius 1 is 1.28 bits per heavy atom. The summed E-state index contributed by atoms with van der Waals surface area (Å²) in [5.74, 6) is 0.00352. The number of rotatable bonds is 3. The minimum Gasteiger partial charge on any atom is -0.490 e. The molecule has 2 bridgehead atoms. The molecule has 18 heavy (non-hydrogen) atoms. The molecule has 2 fully saturated rings. The topological polar surface area (TPSA) is 38.3 Å². The van der Waals surface area contributed by atoms with Crippen molar-refractivity contribution in [2.45, 2.75) is 43.9 Å². The molecule has 1 aromatic rings. The number of nitrogens with one attached hydrogen (secondary N) is 1. The van der Waals surface area contributed by atoms with Crippen molar-refractivity contribution in [2.75, 3.05) is 0 Å². The van der Waals surface area contributed by atoms with Crippen molar-refractivity contribution in [3.63, 3.8) is 0 Å². The molecule has 2 aliphatic heterocycles. The first-order valence-corrected chi connectivity index (χ1v) is 6.42.